The molecule has 0 aliphatic rings. The summed E-state index contributed by atoms with van der Waals surface area (Å²) in [5, 5.41) is 13.2. The number of aromatic nitrogens is 2. The van der Waals surface area contributed by atoms with E-state index < -0.39 is 5.97 Å². The van der Waals surface area contributed by atoms with Crippen LogP contribution in [0.25, 0.3) is 6.08 Å². The average molecular weight is 293 g/mol. The number of aliphatic carboxylic acids is 1. The Morgan fingerprint density at radius 2 is 2.30 bits per heavy atom. The topological polar surface area (TPSA) is 64.3 Å². The number of hydrogen-bond donors (Lipinski definition) is 1. The Kier molecular flexibility index (Phi) is 4.42. The summed E-state index contributed by atoms with van der Waals surface area (Å²) < 4.78 is 7.26. The van der Waals surface area contributed by atoms with Gasteiger partial charge in [-0.15, -0.1) is 0 Å². The van der Waals surface area contributed by atoms with Crippen molar-refractivity contribution in [1.82, 2.24) is 9.78 Å². The molecule has 6 heteroatoms. The first-order valence-electron chi connectivity index (χ1n) is 5.86. The largest absolute Gasteiger partial charge is 0.486 e. The molecule has 1 aromatic carbocycles. The number of aryl methyl sites for hydroxylation is 1. The van der Waals surface area contributed by atoms with Gasteiger partial charge in [0.25, 0.3) is 0 Å². The first-order chi connectivity index (χ1) is 9.54. The molecule has 0 radical (unpaired) electrons. The lowest BCUT2D eigenvalue weighted by Gasteiger charge is -2.07. The summed E-state index contributed by atoms with van der Waals surface area (Å²) in [6.45, 7) is 0.324. The fourth-order valence-corrected chi connectivity index (χ4v) is 1.84. The van der Waals surface area contributed by atoms with E-state index in [-0.39, 0.29) is 0 Å². The van der Waals surface area contributed by atoms with Crippen LogP contribution in [0.4, 0.5) is 0 Å². The molecule has 0 saturated carbocycles. The van der Waals surface area contributed by atoms with Crippen molar-refractivity contribution in [2.24, 2.45) is 7.05 Å². The average Bonchev–Trinajstić information content (AvgIpc) is 2.81. The lowest BCUT2D eigenvalue weighted by atomic mass is 10.2. The molecule has 0 saturated heterocycles. The SMILES string of the molecule is Cn1ccc(COc2ccc(/C=C/C(=O)O)cc2Cl)n1. The maximum atomic E-state index is 10.4. The molecule has 1 heterocycles. The van der Waals surface area contributed by atoms with E-state index in [0.29, 0.717) is 22.9 Å². The molecule has 0 amide bonds. The summed E-state index contributed by atoms with van der Waals surface area (Å²) in [5.41, 5.74) is 1.50. The van der Waals surface area contributed by atoms with Gasteiger partial charge in [-0.3, -0.25) is 4.68 Å². The van der Waals surface area contributed by atoms with Gasteiger partial charge in [-0.2, -0.15) is 5.10 Å². The molecule has 0 unspecified atom stereocenters. The maximum Gasteiger partial charge on any atom is 0.328 e. The summed E-state index contributed by atoms with van der Waals surface area (Å²) in [6, 6.07) is 6.94. The van der Waals surface area contributed by atoms with Gasteiger partial charge in [-0.1, -0.05) is 17.7 Å². The highest BCUT2D eigenvalue weighted by molar-refractivity contribution is 6.32. The number of hydrogen-bond acceptors (Lipinski definition) is 3. The standard InChI is InChI=1S/C14H13ClN2O3/c1-17-7-6-11(16-17)9-20-13-4-2-10(8-12(13)15)3-5-14(18)19/h2-8H,9H2,1H3,(H,18,19)/b5-3+. The number of nitrogens with zero attached hydrogens (tertiary/aromatic N) is 2. The van der Waals surface area contributed by atoms with Crippen LogP contribution in [0.15, 0.2) is 36.5 Å². The van der Waals surface area contributed by atoms with Crippen LogP contribution in [0.3, 0.4) is 0 Å². The van der Waals surface area contributed by atoms with Gasteiger partial charge in [0.15, 0.2) is 0 Å². The monoisotopic (exact) mass is 292 g/mol. The zero-order valence-electron chi connectivity index (χ0n) is 10.8. The highest BCUT2D eigenvalue weighted by Gasteiger charge is 2.04. The Hall–Kier alpha value is -2.27. The summed E-state index contributed by atoms with van der Waals surface area (Å²) in [5.74, 6) is -0.471. The van der Waals surface area contributed by atoms with Crippen LogP contribution >= 0.6 is 11.6 Å². The molecule has 0 atom stereocenters. The van der Waals surface area contributed by atoms with Gasteiger partial charge >= 0.3 is 5.97 Å². The van der Waals surface area contributed by atoms with E-state index in [1.165, 1.54) is 6.08 Å². The fourth-order valence-electron chi connectivity index (χ4n) is 1.60. The molecule has 0 bridgehead atoms. The number of carbonyl (C=O) groups is 1. The predicted octanol–water partition coefficient (Wildman–Crippen LogP) is 2.75. The number of carboxylic acids is 1. The Morgan fingerprint density at radius 3 is 2.90 bits per heavy atom. The Labute approximate surface area is 121 Å². The van der Waals surface area contributed by atoms with E-state index in [9.17, 15) is 4.79 Å². The second-order valence-electron chi connectivity index (χ2n) is 4.13. The molecular weight excluding hydrogens is 280 g/mol. The Bertz CT molecular complexity index is 650. The summed E-state index contributed by atoms with van der Waals surface area (Å²) in [7, 11) is 1.83. The maximum absolute atomic E-state index is 10.4. The van der Waals surface area contributed by atoms with Crippen molar-refractivity contribution in [3.8, 4) is 5.75 Å². The predicted molar refractivity (Wildman–Crippen MR) is 75.7 cm³/mol. The third-order valence-corrected chi connectivity index (χ3v) is 2.81. The second-order valence-corrected chi connectivity index (χ2v) is 4.54. The molecule has 2 aromatic rings. The van der Waals surface area contributed by atoms with Crippen molar-refractivity contribution in [2.75, 3.05) is 0 Å². The summed E-state index contributed by atoms with van der Waals surface area (Å²) in [6.07, 6.45) is 4.36. The van der Waals surface area contributed by atoms with Crippen molar-refractivity contribution >= 4 is 23.6 Å². The normalized spacial score (nSPS) is 10.9. The van der Waals surface area contributed by atoms with Gasteiger partial charge < -0.3 is 9.84 Å². The third kappa shape index (κ3) is 3.86. The van der Waals surface area contributed by atoms with Crippen LogP contribution < -0.4 is 4.74 Å². The molecule has 0 spiro atoms. The van der Waals surface area contributed by atoms with E-state index in [1.54, 1.807) is 22.9 Å². The summed E-state index contributed by atoms with van der Waals surface area (Å²) in [4.78, 5) is 10.4. The molecule has 0 fully saturated rings. The Morgan fingerprint density at radius 1 is 1.50 bits per heavy atom. The first-order valence-corrected chi connectivity index (χ1v) is 6.24. The van der Waals surface area contributed by atoms with Gasteiger partial charge in [-0.25, -0.2) is 4.79 Å². The highest BCUT2D eigenvalue weighted by Crippen LogP contribution is 2.26. The second kappa shape index (κ2) is 6.25. The molecule has 0 aliphatic carbocycles. The van der Waals surface area contributed by atoms with Crippen molar-refractivity contribution in [1.29, 1.82) is 0 Å². The highest BCUT2D eigenvalue weighted by atomic mass is 35.5. The van der Waals surface area contributed by atoms with E-state index >= 15 is 0 Å². The van der Waals surface area contributed by atoms with E-state index in [1.807, 2.05) is 19.3 Å². The molecule has 2 rings (SSSR count). The quantitative estimate of drug-likeness (QED) is 0.861. The van der Waals surface area contributed by atoms with Crippen molar-refractivity contribution in [2.45, 2.75) is 6.61 Å². The van der Waals surface area contributed by atoms with Crippen molar-refractivity contribution in [3.63, 3.8) is 0 Å². The number of carboxylic acid groups (broad SMARTS) is 1. The molecule has 0 aliphatic heterocycles. The van der Waals surface area contributed by atoms with E-state index in [4.69, 9.17) is 21.4 Å². The molecule has 20 heavy (non-hydrogen) atoms. The summed E-state index contributed by atoms with van der Waals surface area (Å²) >= 11 is 6.08. The molecule has 104 valence electrons. The number of halogens is 1. The van der Waals surface area contributed by atoms with Crippen LogP contribution in [0.1, 0.15) is 11.3 Å². The molecule has 1 N–H and O–H groups in total. The minimum Gasteiger partial charge on any atom is -0.486 e. The minimum absolute atomic E-state index is 0.324. The van der Waals surface area contributed by atoms with Gasteiger partial charge in [0, 0.05) is 19.3 Å². The van der Waals surface area contributed by atoms with Crippen LogP contribution in [0, 0.1) is 0 Å². The first kappa shape index (κ1) is 14.1. The van der Waals surface area contributed by atoms with Gasteiger partial charge in [-0.05, 0) is 29.8 Å². The molecule has 1 aromatic heterocycles. The van der Waals surface area contributed by atoms with Gasteiger partial charge in [0.05, 0.1) is 10.7 Å². The van der Waals surface area contributed by atoms with Crippen LogP contribution in [-0.2, 0) is 18.4 Å². The van der Waals surface area contributed by atoms with Crippen molar-refractivity contribution in [3.05, 3.63) is 52.8 Å². The van der Waals surface area contributed by atoms with E-state index in [0.717, 1.165) is 11.8 Å². The third-order valence-electron chi connectivity index (χ3n) is 2.52. The van der Waals surface area contributed by atoms with E-state index in [2.05, 4.69) is 5.10 Å². The molecule has 5 nitrogen and oxygen atoms in total. The minimum atomic E-state index is -1.00. The lowest BCUT2D eigenvalue weighted by molar-refractivity contribution is -0.131. The van der Waals surface area contributed by atoms with Crippen LogP contribution in [-0.4, -0.2) is 20.9 Å². The fraction of sp³-hybridized carbons (Fsp3) is 0.143. The smallest absolute Gasteiger partial charge is 0.328 e. The number of rotatable bonds is 5. The van der Waals surface area contributed by atoms with Crippen LogP contribution in [0.2, 0.25) is 5.02 Å². The Balaban J connectivity index is 2.04. The lowest BCUT2D eigenvalue weighted by Crippen LogP contribution is -1.98. The number of benzene rings is 1. The van der Waals surface area contributed by atoms with Gasteiger partial charge in [0.1, 0.15) is 12.4 Å². The van der Waals surface area contributed by atoms with Crippen molar-refractivity contribution < 1.29 is 14.6 Å². The zero-order valence-corrected chi connectivity index (χ0v) is 11.5. The zero-order chi connectivity index (χ0) is 14.5. The van der Waals surface area contributed by atoms with Crippen LogP contribution in [0.5, 0.6) is 5.75 Å². The van der Waals surface area contributed by atoms with Gasteiger partial charge in [0.2, 0.25) is 0 Å². The molecular formula is C14H13ClN2O3. The number of ether oxygens (including phenoxy) is 1.